The topological polar surface area (TPSA) is 38.2 Å². The van der Waals surface area contributed by atoms with Crippen molar-refractivity contribution in [2.24, 2.45) is 0 Å². The number of nitrogens with zero attached hydrogens (tertiary/aromatic N) is 3. The van der Waals surface area contributed by atoms with Gasteiger partial charge >= 0.3 is 12.2 Å². The summed E-state index contributed by atoms with van der Waals surface area (Å²) >= 11 is 0. The first-order valence-electron chi connectivity index (χ1n) is 10.4. The first-order chi connectivity index (χ1) is 14.9. The second-order valence-electron chi connectivity index (χ2n) is 7.79. The van der Waals surface area contributed by atoms with Gasteiger partial charge in [0.2, 0.25) is 0 Å². The molecule has 0 spiro atoms. The Hall–Kier alpha value is -3.09. The van der Waals surface area contributed by atoms with E-state index >= 15 is 0 Å². The molecular weight excluding hydrogens is 403 g/mol. The SMILES string of the molecule is CN(c1ccc(C2CCCC2)cc1)c1nc(OCc2ccccc2)ncc1C(F)(F)F. The Balaban J connectivity index is 1.59. The van der Waals surface area contributed by atoms with E-state index in [4.69, 9.17) is 4.74 Å². The van der Waals surface area contributed by atoms with Gasteiger partial charge in [0.1, 0.15) is 12.2 Å². The minimum Gasteiger partial charge on any atom is -0.459 e. The fraction of sp³-hybridized carbons (Fsp3) is 0.333. The van der Waals surface area contributed by atoms with E-state index in [1.54, 1.807) is 7.05 Å². The summed E-state index contributed by atoms with van der Waals surface area (Å²) < 4.78 is 46.4. The van der Waals surface area contributed by atoms with Gasteiger partial charge in [0.05, 0.1) is 0 Å². The Morgan fingerprint density at radius 1 is 1.00 bits per heavy atom. The highest BCUT2D eigenvalue weighted by molar-refractivity contribution is 5.63. The predicted octanol–water partition coefficient (Wildman–Crippen LogP) is 6.50. The molecule has 1 aliphatic carbocycles. The Labute approximate surface area is 179 Å². The van der Waals surface area contributed by atoms with Crippen molar-refractivity contribution < 1.29 is 17.9 Å². The third-order valence-electron chi connectivity index (χ3n) is 5.69. The van der Waals surface area contributed by atoms with Crippen LogP contribution in [0, 0.1) is 0 Å². The third-order valence-corrected chi connectivity index (χ3v) is 5.69. The zero-order chi connectivity index (χ0) is 21.8. The molecule has 1 fully saturated rings. The van der Waals surface area contributed by atoms with Crippen LogP contribution in [0.1, 0.15) is 48.3 Å². The van der Waals surface area contributed by atoms with Crippen molar-refractivity contribution in [2.75, 3.05) is 11.9 Å². The Morgan fingerprint density at radius 3 is 2.32 bits per heavy atom. The molecule has 0 bridgehead atoms. The maximum atomic E-state index is 13.6. The number of aromatic nitrogens is 2. The van der Waals surface area contributed by atoms with Crippen LogP contribution >= 0.6 is 0 Å². The van der Waals surface area contributed by atoms with Gasteiger partial charge < -0.3 is 9.64 Å². The molecule has 4 nitrogen and oxygen atoms in total. The highest BCUT2D eigenvalue weighted by Crippen LogP contribution is 2.39. The second-order valence-corrected chi connectivity index (χ2v) is 7.79. The molecule has 0 N–H and O–H groups in total. The summed E-state index contributed by atoms with van der Waals surface area (Å²) in [6, 6.07) is 16.9. The zero-order valence-corrected chi connectivity index (χ0v) is 17.3. The largest absolute Gasteiger partial charge is 0.459 e. The summed E-state index contributed by atoms with van der Waals surface area (Å²) in [7, 11) is 1.57. The normalized spacial score (nSPS) is 14.6. The van der Waals surface area contributed by atoms with Gasteiger partial charge in [-0.1, -0.05) is 55.3 Å². The minimum absolute atomic E-state index is 0.0960. The van der Waals surface area contributed by atoms with Crippen molar-refractivity contribution in [3.05, 3.63) is 77.5 Å². The number of halogens is 3. The van der Waals surface area contributed by atoms with Crippen LogP contribution < -0.4 is 9.64 Å². The summed E-state index contributed by atoms with van der Waals surface area (Å²) in [5.41, 5.74) is 1.84. The Morgan fingerprint density at radius 2 is 1.68 bits per heavy atom. The molecule has 7 heteroatoms. The molecular formula is C24H24F3N3O. The van der Waals surface area contributed by atoms with Crippen molar-refractivity contribution in [1.82, 2.24) is 9.97 Å². The van der Waals surface area contributed by atoms with E-state index in [2.05, 4.69) is 9.97 Å². The smallest absolute Gasteiger partial charge is 0.421 e. The molecule has 0 aliphatic heterocycles. The van der Waals surface area contributed by atoms with Gasteiger partial charge in [0.15, 0.2) is 5.82 Å². The van der Waals surface area contributed by atoms with Gasteiger partial charge in [0.25, 0.3) is 0 Å². The predicted molar refractivity (Wildman–Crippen MR) is 114 cm³/mol. The molecule has 0 saturated heterocycles. The van der Waals surface area contributed by atoms with E-state index in [0.29, 0.717) is 11.6 Å². The van der Waals surface area contributed by atoms with Crippen molar-refractivity contribution in [3.63, 3.8) is 0 Å². The lowest BCUT2D eigenvalue weighted by atomic mass is 9.97. The summed E-state index contributed by atoms with van der Waals surface area (Å²) in [5, 5.41) is 0. The molecule has 4 rings (SSSR count). The lowest BCUT2D eigenvalue weighted by Gasteiger charge is -2.23. The molecule has 2 aromatic carbocycles. The number of hydrogen-bond acceptors (Lipinski definition) is 4. The monoisotopic (exact) mass is 427 g/mol. The second kappa shape index (κ2) is 8.96. The van der Waals surface area contributed by atoms with Crippen LogP contribution in [0.5, 0.6) is 6.01 Å². The first kappa shape index (κ1) is 21.2. The van der Waals surface area contributed by atoms with Gasteiger partial charge in [-0.05, 0) is 42.0 Å². The Kier molecular flexibility index (Phi) is 6.11. The number of rotatable bonds is 6. The first-order valence-corrected chi connectivity index (χ1v) is 10.4. The lowest BCUT2D eigenvalue weighted by molar-refractivity contribution is -0.137. The number of anilines is 2. The van der Waals surface area contributed by atoms with Crippen LogP contribution in [-0.2, 0) is 12.8 Å². The van der Waals surface area contributed by atoms with E-state index in [9.17, 15) is 13.2 Å². The van der Waals surface area contributed by atoms with Gasteiger partial charge in [-0.25, -0.2) is 4.98 Å². The summed E-state index contributed by atoms with van der Waals surface area (Å²) in [5.74, 6) is 0.307. The molecule has 0 amide bonds. The van der Waals surface area contributed by atoms with Crippen LogP contribution in [0.15, 0.2) is 60.8 Å². The van der Waals surface area contributed by atoms with Crippen molar-refractivity contribution >= 4 is 11.5 Å². The molecule has 162 valence electrons. The van der Waals surface area contributed by atoms with Gasteiger partial charge in [-0.2, -0.15) is 18.2 Å². The quantitative estimate of drug-likeness (QED) is 0.450. The average molecular weight is 427 g/mol. The average Bonchev–Trinajstić information content (AvgIpc) is 3.32. The highest BCUT2D eigenvalue weighted by Gasteiger charge is 2.36. The van der Waals surface area contributed by atoms with E-state index in [1.165, 1.54) is 36.1 Å². The molecule has 31 heavy (non-hydrogen) atoms. The summed E-state index contributed by atoms with van der Waals surface area (Å²) in [6.07, 6.45) is 1.00. The maximum Gasteiger partial charge on any atom is 0.421 e. The maximum absolute atomic E-state index is 13.6. The number of hydrogen-bond donors (Lipinski definition) is 0. The lowest BCUT2D eigenvalue weighted by Crippen LogP contribution is -2.19. The summed E-state index contributed by atoms with van der Waals surface area (Å²) in [4.78, 5) is 9.32. The molecule has 0 radical (unpaired) electrons. The molecule has 3 aromatic rings. The fourth-order valence-corrected chi connectivity index (χ4v) is 3.96. The summed E-state index contributed by atoms with van der Waals surface area (Å²) in [6.45, 7) is 0.172. The van der Waals surface area contributed by atoms with Crippen LogP contribution in [0.2, 0.25) is 0 Å². The highest BCUT2D eigenvalue weighted by atomic mass is 19.4. The molecule has 1 heterocycles. The molecule has 1 saturated carbocycles. The van der Waals surface area contributed by atoms with E-state index in [1.807, 2.05) is 54.6 Å². The fourth-order valence-electron chi connectivity index (χ4n) is 3.96. The van der Waals surface area contributed by atoms with Crippen LogP contribution in [0.25, 0.3) is 0 Å². The zero-order valence-electron chi connectivity index (χ0n) is 17.3. The van der Waals surface area contributed by atoms with Crippen molar-refractivity contribution in [3.8, 4) is 6.01 Å². The van der Waals surface area contributed by atoms with Crippen LogP contribution in [0.4, 0.5) is 24.7 Å². The van der Waals surface area contributed by atoms with E-state index in [0.717, 1.165) is 11.8 Å². The molecule has 0 unspecified atom stereocenters. The number of benzene rings is 2. The minimum atomic E-state index is -4.58. The van der Waals surface area contributed by atoms with Crippen molar-refractivity contribution in [2.45, 2.75) is 44.4 Å². The van der Waals surface area contributed by atoms with E-state index < -0.39 is 11.7 Å². The van der Waals surface area contributed by atoms with Gasteiger partial charge in [-0.15, -0.1) is 0 Å². The van der Waals surface area contributed by atoms with Crippen molar-refractivity contribution in [1.29, 1.82) is 0 Å². The van der Waals surface area contributed by atoms with Gasteiger partial charge in [0, 0.05) is 18.9 Å². The van der Waals surface area contributed by atoms with Gasteiger partial charge in [-0.3, -0.25) is 0 Å². The number of ether oxygens (including phenoxy) is 1. The van der Waals surface area contributed by atoms with E-state index in [-0.39, 0.29) is 18.4 Å². The van der Waals surface area contributed by atoms with Crippen LogP contribution in [0.3, 0.4) is 0 Å². The number of alkyl halides is 3. The third kappa shape index (κ3) is 4.98. The molecule has 1 aromatic heterocycles. The standard InChI is InChI=1S/C24H24F3N3O/c1-30(20-13-11-19(12-14-20)18-9-5-6-10-18)22-21(24(25,26)27)15-28-23(29-22)31-16-17-7-3-2-4-8-17/h2-4,7-8,11-15,18H,5-6,9-10,16H2,1H3. The Bertz CT molecular complexity index is 1000. The van der Waals surface area contributed by atoms with Crippen LogP contribution in [-0.4, -0.2) is 17.0 Å². The molecule has 1 aliphatic rings. The molecule has 0 atom stereocenters.